The van der Waals surface area contributed by atoms with Gasteiger partial charge in [-0.15, -0.1) is 0 Å². The number of aromatic nitrogens is 2. The number of ether oxygens (including phenoxy) is 1. The number of nitrogens with one attached hydrogen (secondary N) is 1. The molecule has 6 nitrogen and oxygen atoms in total. The molecule has 0 saturated heterocycles. The van der Waals surface area contributed by atoms with Crippen LogP contribution in [0.25, 0.3) is 16.6 Å². The quantitative estimate of drug-likeness (QED) is 0.878. The second-order valence-corrected chi connectivity index (χ2v) is 6.66. The van der Waals surface area contributed by atoms with Crippen LogP contribution in [0.5, 0.6) is 0 Å². The fourth-order valence-corrected chi connectivity index (χ4v) is 3.59. The number of hydroxylamine groups is 1. The van der Waals surface area contributed by atoms with E-state index in [4.69, 9.17) is 9.57 Å². The highest BCUT2D eigenvalue weighted by molar-refractivity contribution is 5.88. The highest BCUT2D eigenvalue weighted by atomic mass is 16.7. The molecular formula is C18H21N3O3. The molecule has 2 heterocycles. The van der Waals surface area contributed by atoms with Crippen LogP contribution in [0.3, 0.4) is 0 Å². The summed E-state index contributed by atoms with van der Waals surface area (Å²) in [6, 6.07) is 6.65. The van der Waals surface area contributed by atoms with Crippen molar-refractivity contribution in [2.45, 2.75) is 44.2 Å². The smallest absolute Gasteiger partial charge is 0.344 e. The Morgan fingerprint density at radius 2 is 2.21 bits per heavy atom. The van der Waals surface area contributed by atoms with E-state index in [2.05, 4.69) is 27.4 Å². The minimum Gasteiger partial charge on any atom is -0.467 e. The van der Waals surface area contributed by atoms with Crippen LogP contribution in [0.2, 0.25) is 0 Å². The van der Waals surface area contributed by atoms with Crippen LogP contribution in [0.15, 0.2) is 30.5 Å². The zero-order valence-corrected chi connectivity index (χ0v) is 13.9. The van der Waals surface area contributed by atoms with E-state index >= 15 is 0 Å². The van der Waals surface area contributed by atoms with Crippen molar-refractivity contribution in [2.75, 3.05) is 7.11 Å². The first-order valence-electron chi connectivity index (χ1n) is 8.34. The third kappa shape index (κ3) is 2.38. The van der Waals surface area contributed by atoms with Gasteiger partial charge in [0, 0.05) is 10.9 Å². The minimum absolute atomic E-state index is 0.429. The fourth-order valence-electron chi connectivity index (χ4n) is 3.59. The van der Waals surface area contributed by atoms with Crippen LogP contribution in [0, 0.1) is 0 Å². The third-order valence-electron chi connectivity index (χ3n) is 4.96. The molecule has 1 saturated carbocycles. The van der Waals surface area contributed by atoms with Crippen molar-refractivity contribution in [3.63, 3.8) is 0 Å². The summed E-state index contributed by atoms with van der Waals surface area (Å²) in [5.41, 5.74) is 4.60. The van der Waals surface area contributed by atoms with Crippen LogP contribution in [-0.2, 0) is 14.4 Å². The Labute approximate surface area is 140 Å². The van der Waals surface area contributed by atoms with Gasteiger partial charge in [-0.3, -0.25) is 15.0 Å². The first kappa shape index (κ1) is 15.2. The van der Waals surface area contributed by atoms with Gasteiger partial charge in [-0.1, -0.05) is 25.0 Å². The molecule has 1 fully saturated rings. The van der Waals surface area contributed by atoms with Crippen molar-refractivity contribution in [3.8, 4) is 0 Å². The summed E-state index contributed by atoms with van der Waals surface area (Å²) in [6.45, 7) is 1.68. The zero-order chi connectivity index (χ0) is 16.7. The van der Waals surface area contributed by atoms with Gasteiger partial charge in [0.25, 0.3) is 0 Å². The summed E-state index contributed by atoms with van der Waals surface area (Å²) < 4.78 is 6.94. The first-order valence-corrected chi connectivity index (χ1v) is 8.34. The molecule has 0 amide bonds. The van der Waals surface area contributed by atoms with E-state index in [1.807, 2.05) is 12.3 Å². The van der Waals surface area contributed by atoms with Crippen LogP contribution in [0.1, 0.15) is 44.2 Å². The highest BCUT2D eigenvalue weighted by Crippen LogP contribution is 2.33. The van der Waals surface area contributed by atoms with Gasteiger partial charge in [0.05, 0.1) is 30.6 Å². The summed E-state index contributed by atoms with van der Waals surface area (Å²) in [7, 11) is 1.36. The minimum atomic E-state index is -1.11. The maximum absolute atomic E-state index is 11.9. The first-order chi connectivity index (χ1) is 11.6. The van der Waals surface area contributed by atoms with Crippen molar-refractivity contribution in [3.05, 3.63) is 36.0 Å². The second kappa shape index (κ2) is 5.63. The van der Waals surface area contributed by atoms with Gasteiger partial charge >= 0.3 is 5.97 Å². The third-order valence-corrected chi connectivity index (χ3v) is 4.96. The Morgan fingerprint density at radius 1 is 1.42 bits per heavy atom. The standard InChI is InChI=1S/C18H21N3O3/c1-18(17(22)23-2)10-15(20-24-18)12-7-8-13-11-19-21(16(13)9-12)14-5-3-4-6-14/h7-11,14,20H,3-6H2,1-2H3. The van der Waals surface area contributed by atoms with Crippen LogP contribution < -0.4 is 5.48 Å². The molecule has 6 heteroatoms. The number of methoxy groups -OCH3 is 1. The molecule has 0 spiro atoms. The van der Waals surface area contributed by atoms with Crippen molar-refractivity contribution in [1.29, 1.82) is 0 Å². The number of hydrogen-bond acceptors (Lipinski definition) is 5. The Kier molecular flexibility index (Phi) is 3.57. The molecule has 2 aromatic rings. The Morgan fingerprint density at radius 3 is 2.96 bits per heavy atom. The molecule has 2 aliphatic rings. The lowest BCUT2D eigenvalue weighted by atomic mass is 10.0. The van der Waals surface area contributed by atoms with Gasteiger partial charge in [-0.2, -0.15) is 5.10 Å². The second-order valence-electron chi connectivity index (χ2n) is 6.66. The molecule has 4 rings (SSSR count). The zero-order valence-electron chi connectivity index (χ0n) is 13.9. The van der Waals surface area contributed by atoms with Gasteiger partial charge in [0.2, 0.25) is 5.60 Å². The lowest BCUT2D eigenvalue weighted by Gasteiger charge is -2.16. The van der Waals surface area contributed by atoms with Gasteiger partial charge < -0.3 is 4.74 Å². The Balaban J connectivity index is 1.71. The molecule has 1 N–H and O–H groups in total. The van der Waals surface area contributed by atoms with Crippen LogP contribution >= 0.6 is 0 Å². The molecule has 1 aliphatic carbocycles. The van der Waals surface area contributed by atoms with Crippen LogP contribution in [-0.4, -0.2) is 28.5 Å². The number of fused-ring (bicyclic) bond motifs is 1. The van der Waals surface area contributed by atoms with Crippen LogP contribution in [0.4, 0.5) is 0 Å². The average Bonchev–Trinajstić information content (AvgIpc) is 3.32. The number of esters is 1. The SMILES string of the molecule is COC(=O)C1(C)C=C(c2ccc3cnn(C4CCCC4)c3c2)NO1. The number of carbonyl (C=O) groups excluding carboxylic acids is 1. The normalized spacial score (nSPS) is 24.2. The van der Waals surface area contributed by atoms with Crippen molar-refractivity contribution >= 4 is 22.6 Å². The molecule has 1 atom stereocenters. The lowest BCUT2D eigenvalue weighted by Crippen LogP contribution is -2.36. The van der Waals surface area contributed by atoms with E-state index in [0.717, 1.165) is 22.2 Å². The van der Waals surface area contributed by atoms with Crippen molar-refractivity contribution in [1.82, 2.24) is 15.3 Å². The van der Waals surface area contributed by atoms with E-state index in [1.165, 1.54) is 32.8 Å². The molecule has 126 valence electrons. The number of nitrogens with zero attached hydrogens (tertiary/aromatic N) is 2. The topological polar surface area (TPSA) is 65.4 Å². The molecule has 24 heavy (non-hydrogen) atoms. The summed E-state index contributed by atoms with van der Waals surface area (Å²) >= 11 is 0. The molecule has 1 unspecified atom stereocenters. The number of rotatable bonds is 3. The predicted octanol–water partition coefficient (Wildman–Crippen LogP) is 2.96. The molecule has 0 radical (unpaired) electrons. The Bertz CT molecular complexity index is 820. The lowest BCUT2D eigenvalue weighted by molar-refractivity contribution is -0.163. The van der Waals surface area contributed by atoms with Gasteiger partial charge in [0.15, 0.2) is 0 Å². The van der Waals surface area contributed by atoms with E-state index in [1.54, 1.807) is 13.0 Å². The number of hydrogen-bond donors (Lipinski definition) is 1. The highest BCUT2D eigenvalue weighted by Gasteiger charge is 2.39. The largest absolute Gasteiger partial charge is 0.467 e. The summed E-state index contributed by atoms with van der Waals surface area (Å²) in [4.78, 5) is 17.3. The predicted molar refractivity (Wildman–Crippen MR) is 89.9 cm³/mol. The Hall–Kier alpha value is -2.34. The summed E-state index contributed by atoms with van der Waals surface area (Å²) in [5.74, 6) is -0.429. The maximum Gasteiger partial charge on any atom is 0.344 e. The fraction of sp³-hybridized carbons (Fsp3) is 0.444. The summed E-state index contributed by atoms with van der Waals surface area (Å²) in [6.07, 6.45) is 8.59. The van der Waals surface area contributed by atoms with E-state index < -0.39 is 11.6 Å². The molecule has 0 bridgehead atoms. The summed E-state index contributed by atoms with van der Waals surface area (Å²) in [5, 5.41) is 5.71. The average molecular weight is 327 g/mol. The van der Waals surface area contributed by atoms with E-state index in [9.17, 15) is 4.79 Å². The molecular weight excluding hydrogens is 306 g/mol. The molecule has 1 aromatic carbocycles. The number of benzene rings is 1. The molecule has 1 aliphatic heterocycles. The maximum atomic E-state index is 11.9. The monoisotopic (exact) mass is 327 g/mol. The molecule has 1 aromatic heterocycles. The van der Waals surface area contributed by atoms with Crippen molar-refractivity contribution < 1.29 is 14.4 Å². The van der Waals surface area contributed by atoms with Crippen molar-refractivity contribution in [2.24, 2.45) is 0 Å². The van der Waals surface area contributed by atoms with Gasteiger partial charge in [-0.05, 0) is 31.9 Å². The van der Waals surface area contributed by atoms with E-state index in [-0.39, 0.29) is 0 Å². The van der Waals surface area contributed by atoms with E-state index in [0.29, 0.717) is 6.04 Å². The number of carbonyl (C=O) groups is 1. The van der Waals surface area contributed by atoms with Gasteiger partial charge in [-0.25, -0.2) is 4.79 Å². The van der Waals surface area contributed by atoms with Gasteiger partial charge in [0.1, 0.15) is 0 Å².